The number of benzene rings is 3. The van der Waals surface area contributed by atoms with E-state index < -0.39 is 10.8 Å². The molecule has 0 spiro atoms. The number of nitro benzene ring substituents is 1. The summed E-state index contributed by atoms with van der Waals surface area (Å²) in [6, 6.07) is 15.5. The van der Waals surface area contributed by atoms with Crippen molar-refractivity contribution in [1.82, 2.24) is 4.98 Å². The molecule has 9 heteroatoms. The van der Waals surface area contributed by atoms with Crippen LogP contribution in [0.5, 0.6) is 0 Å². The fourth-order valence-electron chi connectivity index (χ4n) is 2.81. The average molecular weight is 428 g/mol. The number of carbonyl (C=O) groups is 1. The first kappa shape index (κ1) is 18.9. The molecule has 144 valence electrons. The maximum Gasteiger partial charge on any atom is 0.282 e. The van der Waals surface area contributed by atoms with E-state index in [1.807, 2.05) is 0 Å². The smallest absolute Gasteiger partial charge is 0.282 e. The van der Waals surface area contributed by atoms with Gasteiger partial charge in [-0.05, 0) is 42.5 Å². The van der Waals surface area contributed by atoms with Crippen LogP contribution in [-0.2, 0) is 0 Å². The lowest BCUT2D eigenvalue weighted by atomic mass is 10.1. The number of hydrogen-bond acceptors (Lipinski definition) is 5. The Morgan fingerprint density at radius 3 is 2.66 bits per heavy atom. The zero-order chi connectivity index (χ0) is 20.5. The molecule has 0 radical (unpaired) electrons. The van der Waals surface area contributed by atoms with E-state index in [2.05, 4.69) is 10.3 Å². The standard InChI is InChI=1S/C20H11Cl2N3O4/c21-11-5-8-18-16(9-11)24-20(29-18)14-10-12(6-7-15(14)22)23-19(26)13-3-1-2-4-17(13)25(27)28/h1-10H,(H,23,26). The lowest BCUT2D eigenvalue weighted by Crippen LogP contribution is -2.13. The van der Waals surface area contributed by atoms with Crippen LogP contribution in [-0.4, -0.2) is 15.8 Å². The second-order valence-electron chi connectivity index (χ2n) is 6.05. The number of anilines is 1. The molecule has 1 aromatic heterocycles. The molecular weight excluding hydrogens is 417 g/mol. The fourth-order valence-corrected chi connectivity index (χ4v) is 3.17. The highest BCUT2D eigenvalue weighted by Crippen LogP contribution is 2.33. The van der Waals surface area contributed by atoms with Gasteiger partial charge in [0.15, 0.2) is 5.58 Å². The molecule has 7 nitrogen and oxygen atoms in total. The van der Waals surface area contributed by atoms with Crippen molar-refractivity contribution >= 4 is 51.6 Å². The van der Waals surface area contributed by atoms with Gasteiger partial charge in [-0.2, -0.15) is 0 Å². The molecule has 4 aromatic rings. The van der Waals surface area contributed by atoms with Crippen molar-refractivity contribution in [3.8, 4) is 11.5 Å². The van der Waals surface area contributed by atoms with Crippen LogP contribution in [0.3, 0.4) is 0 Å². The second-order valence-corrected chi connectivity index (χ2v) is 6.90. The van der Waals surface area contributed by atoms with Gasteiger partial charge in [0.1, 0.15) is 11.1 Å². The van der Waals surface area contributed by atoms with Crippen LogP contribution >= 0.6 is 23.2 Å². The quantitative estimate of drug-likeness (QED) is 0.319. The van der Waals surface area contributed by atoms with E-state index in [1.54, 1.807) is 42.5 Å². The third kappa shape index (κ3) is 3.78. The van der Waals surface area contributed by atoms with Crippen LogP contribution in [0, 0.1) is 10.1 Å². The molecule has 0 aliphatic rings. The fraction of sp³-hybridized carbons (Fsp3) is 0. The van der Waals surface area contributed by atoms with Crippen molar-refractivity contribution in [3.05, 3.63) is 86.4 Å². The highest BCUT2D eigenvalue weighted by molar-refractivity contribution is 6.33. The molecular formula is C20H11Cl2N3O4. The largest absolute Gasteiger partial charge is 0.436 e. The SMILES string of the molecule is O=C(Nc1ccc(Cl)c(-c2nc3cc(Cl)ccc3o2)c1)c1ccccc1[N+](=O)[O-]. The minimum Gasteiger partial charge on any atom is -0.436 e. The molecule has 3 aromatic carbocycles. The molecule has 1 N–H and O–H groups in total. The number of nitrogens with zero attached hydrogens (tertiary/aromatic N) is 2. The molecule has 0 aliphatic heterocycles. The number of nitro groups is 1. The number of carbonyl (C=O) groups excluding carboxylic acids is 1. The van der Waals surface area contributed by atoms with Crippen LogP contribution < -0.4 is 5.32 Å². The zero-order valence-electron chi connectivity index (χ0n) is 14.6. The van der Waals surface area contributed by atoms with E-state index in [9.17, 15) is 14.9 Å². The predicted octanol–water partition coefficient (Wildman–Crippen LogP) is 5.96. The summed E-state index contributed by atoms with van der Waals surface area (Å²) in [5.74, 6) is -0.357. The average Bonchev–Trinajstić information content (AvgIpc) is 3.12. The van der Waals surface area contributed by atoms with Gasteiger partial charge >= 0.3 is 0 Å². The molecule has 1 heterocycles. The van der Waals surface area contributed by atoms with Crippen LogP contribution in [0.1, 0.15) is 10.4 Å². The first-order valence-corrected chi connectivity index (χ1v) is 9.09. The molecule has 0 atom stereocenters. The normalized spacial score (nSPS) is 10.8. The Morgan fingerprint density at radius 2 is 1.86 bits per heavy atom. The van der Waals surface area contributed by atoms with Crippen LogP contribution in [0.15, 0.2) is 65.1 Å². The van der Waals surface area contributed by atoms with Gasteiger partial charge in [0.25, 0.3) is 11.6 Å². The summed E-state index contributed by atoms with van der Waals surface area (Å²) >= 11 is 12.3. The number of amides is 1. The summed E-state index contributed by atoms with van der Waals surface area (Å²) in [6.07, 6.45) is 0. The Balaban J connectivity index is 1.68. The first-order valence-electron chi connectivity index (χ1n) is 8.33. The Bertz CT molecular complexity index is 1270. The van der Waals surface area contributed by atoms with E-state index in [-0.39, 0.29) is 17.1 Å². The van der Waals surface area contributed by atoms with Gasteiger partial charge in [-0.15, -0.1) is 0 Å². The Kier molecular flexibility index (Phi) is 4.92. The molecule has 0 bridgehead atoms. The molecule has 0 aliphatic carbocycles. The van der Waals surface area contributed by atoms with Gasteiger partial charge in [0, 0.05) is 16.8 Å². The summed E-state index contributed by atoms with van der Waals surface area (Å²) in [5, 5.41) is 14.7. The zero-order valence-corrected chi connectivity index (χ0v) is 16.1. The van der Waals surface area contributed by atoms with E-state index in [0.29, 0.717) is 32.4 Å². The van der Waals surface area contributed by atoms with Crippen molar-refractivity contribution in [2.45, 2.75) is 0 Å². The number of oxazole rings is 1. The Hall–Kier alpha value is -3.42. The van der Waals surface area contributed by atoms with Gasteiger partial charge in [-0.1, -0.05) is 35.3 Å². The lowest BCUT2D eigenvalue weighted by Gasteiger charge is -2.08. The molecule has 0 saturated carbocycles. The molecule has 0 unspecified atom stereocenters. The first-order chi connectivity index (χ1) is 13.9. The predicted molar refractivity (Wildman–Crippen MR) is 111 cm³/mol. The number of nitrogens with one attached hydrogen (secondary N) is 1. The number of hydrogen-bond donors (Lipinski definition) is 1. The van der Waals surface area contributed by atoms with Gasteiger partial charge < -0.3 is 9.73 Å². The van der Waals surface area contributed by atoms with Crippen LogP contribution in [0.4, 0.5) is 11.4 Å². The van der Waals surface area contributed by atoms with Crippen molar-refractivity contribution in [2.24, 2.45) is 0 Å². The summed E-state index contributed by atoms with van der Waals surface area (Å²) < 4.78 is 5.73. The highest BCUT2D eigenvalue weighted by Gasteiger charge is 2.20. The van der Waals surface area contributed by atoms with Crippen molar-refractivity contribution in [2.75, 3.05) is 5.32 Å². The number of halogens is 2. The number of rotatable bonds is 4. The third-order valence-corrected chi connectivity index (χ3v) is 4.71. The number of aromatic nitrogens is 1. The van der Waals surface area contributed by atoms with E-state index >= 15 is 0 Å². The molecule has 4 rings (SSSR count). The van der Waals surface area contributed by atoms with E-state index in [1.165, 1.54) is 18.2 Å². The van der Waals surface area contributed by atoms with E-state index in [0.717, 1.165) is 0 Å². The van der Waals surface area contributed by atoms with Crippen LogP contribution in [0.25, 0.3) is 22.6 Å². The van der Waals surface area contributed by atoms with Crippen molar-refractivity contribution in [3.63, 3.8) is 0 Å². The van der Waals surface area contributed by atoms with E-state index in [4.69, 9.17) is 27.6 Å². The maximum absolute atomic E-state index is 12.5. The minimum absolute atomic E-state index is 0.0505. The van der Waals surface area contributed by atoms with Gasteiger partial charge in [-0.3, -0.25) is 14.9 Å². The summed E-state index contributed by atoms with van der Waals surface area (Å²) in [6.45, 7) is 0. The molecule has 0 saturated heterocycles. The minimum atomic E-state index is -0.616. The van der Waals surface area contributed by atoms with Crippen LogP contribution in [0.2, 0.25) is 10.0 Å². The van der Waals surface area contributed by atoms with Gasteiger partial charge in [-0.25, -0.2) is 4.98 Å². The molecule has 0 fully saturated rings. The van der Waals surface area contributed by atoms with Crippen molar-refractivity contribution in [1.29, 1.82) is 0 Å². The summed E-state index contributed by atoms with van der Waals surface area (Å²) in [4.78, 5) is 27.5. The molecule has 29 heavy (non-hydrogen) atoms. The molecule has 1 amide bonds. The van der Waals surface area contributed by atoms with Gasteiger partial charge in [0.2, 0.25) is 5.89 Å². The van der Waals surface area contributed by atoms with Gasteiger partial charge in [0.05, 0.1) is 15.5 Å². The highest BCUT2D eigenvalue weighted by atomic mass is 35.5. The number of para-hydroxylation sites is 1. The summed E-state index contributed by atoms with van der Waals surface area (Å²) in [7, 11) is 0. The monoisotopic (exact) mass is 427 g/mol. The second kappa shape index (κ2) is 7.54. The lowest BCUT2D eigenvalue weighted by molar-refractivity contribution is -0.385. The van der Waals surface area contributed by atoms with Crippen molar-refractivity contribution < 1.29 is 14.1 Å². The maximum atomic E-state index is 12.5. The number of fused-ring (bicyclic) bond motifs is 1. The third-order valence-electron chi connectivity index (χ3n) is 4.15. The Morgan fingerprint density at radius 1 is 1.07 bits per heavy atom. The topological polar surface area (TPSA) is 98.3 Å². The summed E-state index contributed by atoms with van der Waals surface area (Å²) in [5.41, 5.74) is 1.61. The Labute approximate surface area is 174 Å².